The number of hydrogen-bond acceptors (Lipinski definition) is 4. The molecule has 5 nitrogen and oxygen atoms in total. The van der Waals surface area contributed by atoms with Gasteiger partial charge < -0.3 is 14.6 Å². The minimum atomic E-state index is -0.776. The molecule has 1 saturated heterocycles. The Morgan fingerprint density at radius 3 is 2.47 bits per heavy atom. The lowest BCUT2D eigenvalue weighted by Crippen LogP contribution is -2.60. The van der Waals surface area contributed by atoms with Gasteiger partial charge in [0.15, 0.2) is 0 Å². The third kappa shape index (κ3) is 3.40. The number of rotatable bonds is 6. The van der Waals surface area contributed by atoms with E-state index in [1.54, 1.807) is 7.11 Å². The van der Waals surface area contributed by atoms with Gasteiger partial charge in [0.25, 0.3) is 0 Å². The van der Waals surface area contributed by atoms with Crippen LogP contribution in [0.4, 0.5) is 0 Å². The van der Waals surface area contributed by atoms with Gasteiger partial charge in [-0.1, -0.05) is 13.8 Å². The van der Waals surface area contributed by atoms with Crippen molar-refractivity contribution in [3.63, 3.8) is 0 Å². The van der Waals surface area contributed by atoms with E-state index in [0.29, 0.717) is 19.8 Å². The van der Waals surface area contributed by atoms with Crippen LogP contribution in [0, 0.1) is 5.92 Å². The molecule has 1 unspecified atom stereocenters. The van der Waals surface area contributed by atoms with E-state index in [1.165, 1.54) is 0 Å². The van der Waals surface area contributed by atoms with Crippen LogP contribution in [-0.4, -0.2) is 61.5 Å². The van der Waals surface area contributed by atoms with Crippen molar-refractivity contribution in [3.05, 3.63) is 0 Å². The molecular weight excluding hydrogens is 222 g/mol. The molecule has 0 aromatic heterocycles. The maximum Gasteiger partial charge on any atom is 0.305 e. The number of carboxylic acid groups (broad SMARTS) is 1. The van der Waals surface area contributed by atoms with Gasteiger partial charge in [-0.2, -0.15) is 0 Å². The average molecular weight is 245 g/mol. The Kier molecular flexibility index (Phi) is 5.36. The molecular formula is C12H23NO4. The third-order valence-corrected chi connectivity index (χ3v) is 3.57. The molecule has 0 aliphatic carbocycles. The molecule has 0 saturated carbocycles. The molecule has 1 rings (SSSR count). The summed E-state index contributed by atoms with van der Waals surface area (Å²) >= 11 is 0. The summed E-state index contributed by atoms with van der Waals surface area (Å²) in [5.74, 6) is -0.557. The number of hydrogen-bond donors (Lipinski definition) is 1. The molecule has 1 N–H and O–H groups in total. The maximum absolute atomic E-state index is 11.1. The zero-order chi connectivity index (χ0) is 12.9. The monoisotopic (exact) mass is 245 g/mol. The Labute approximate surface area is 103 Å². The van der Waals surface area contributed by atoms with Gasteiger partial charge in [-0.3, -0.25) is 9.69 Å². The molecule has 0 bridgehead atoms. The normalized spacial score (nSPS) is 21.4. The van der Waals surface area contributed by atoms with E-state index in [0.717, 1.165) is 13.1 Å². The van der Waals surface area contributed by atoms with Crippen molar-refractivity contribution in [2.45, 2.75) is 25.8 Å². The van der Waals surface area contributed by atoms with Gasteiger partial charge in [-0.05, 0) is 5.92 Å². The van der Waals surface area contributed by atoms with Crippen molar-refractivity contribution in [3.8, 4) is 0 Å². The summed E-state index contributed by atoms with van der Waals surface area (Å²) < 4.78 is 10.6. The predicted octanol–water partition coefficient (Wildman–Crippen LogP) is 0.835. The average Bonchev–Trinajstić information content (AvgIpc) is 2.28. The van der Waals surface area contributed by atoms with Crippen molar-refractivity contribution in [1.82, 2.24) is 4.90 Å². The number of morpholine rings is 1. The second kappa shape index (κ2) is 6.33. The Balaban J connectivity index is 2.90. The van der Waals surface area contributed by atoms with Gasteiger partial charge in [-0.25, -0.2) is 0 Å². The van der Waals surface area contributed by atoms with Crippen molar-refractivity contribution < 1.29 is 19.4 Å². The zero-order valence-electron chi connectivity index (χ0n) is 10.9. The fraction of sp³-hybridized carbons (Fsp3) is 0.917. The summed E-state index contributed by atoms with van der Waals surface area (Å²) in [7, 11) is 1.62. The molecule has 1 aliphatic rings. The number of carbonyl (C=O) groups is 1. The molecule has 1 fully saturated rings. The van der Waals surface area contributed by atoms with Gasteiger partial charge in [0, 0.05) is 20.2 Å². The van der Waals surface area contributed by atoms with E-state index < -0.39 is 11.5 Å². The predicted molar refractivity (Wildman–Crippen MR) is 64.1 cm³/mol. The summed E-state index contributed by atoms with van der Waals surface area (Å²) in [6.07, 6.45) is 0.110. The fourth-order valence-electron chi connectivity index (χ4n) is 2.51. The summed E-state index contributed by atoms with van der Waals surface area (Å²) in [4.78, 5) is 13.3. The van der Waals surface area contributed by atoms with E-state index in [1.807, 2.05) is 0 Å². The van der Waals surface area contributed by atoms with Crippen LogP contribution in [0.5, 0.6) is 0 Å². The Morgan fingerprint density at radius 2 is 2.06 bits per heavy atom. The van der Waals surface area contributed by atoms with Gasteiger partial charge in [0.05, 0.1) is 31.8 Å². The maximum atomic E-state index is 11.1. The highest BCUT2D eigenvalue weighted by Gasteiger charge is 2.42. The molecule has 1 atom stereocenters. The SMILES string of the molecule is COCC(CC(=O)O)(C(C)C)N1CCOCC1. The van der Waals surface area contributed by atoms with Crippen molar-refractivity contribution >= 4 is 5.97 Å². The second-order valence-electron chi connectivity index (χ2n) is 4.86. The van der Waals surface area contributed by atoms with E-state index >= 15 is 0 Å². The van der Waals surface area contributed by atoms with Crippen molar-refractivity contribution in [1.29, 1.82) is 0 Å². The molecule has 1 aliphatic heterocycles. The number of nitrogens with zero attached hydrogens (tertiary/aromatic N) is 1. The first-order valence-corrected chi connectivity index (χ1v) is 6.06. The zero-order valence-corrected chi connectivity index (χ0v) is 10.9. The minimum Gasteiger partial charge on any atom is -0.481 e. The Hall–Kier alpha value is -0.650. The lowest BCUT2D eigenvalue weighted by Gasteiger charge is -2.47. The van der Waals surface area contributed by atoms with Crippen molar-refractivity contribution in [2.75, 3.05) is 40.0 Å². The van der Waals surface area contributed by atoms with E-state index in [2.05, 4.69) is 18.7 Å². The summed E-state index contributed by atoms with van der Waals surface area (Å²) in [6.45, 7) is 7.42. The number of aliphatic carboxylic acids is 1. The first kappa shape index (κ1) is 14.4. The largest absolute Gasteiger partial charge is 0.481 e. The molecule has 0 aromatic rings. The first-order valence-electron chi connectivity index (χ1n) is 6.06. The quantitative estimate of drug-likeness (QED) is 0.751. The number of methoxy groups -OCH3 is 1. The first-order chi connectivity index (χ1) is 8.03. The van der Waals surface area contributed by atoms with Gasteiger partial charge in [0.1, 0.15) is 0 Å². The van der Waals surface area contributed by atoms with Gasteiger partial charge >= 0.3 is 5.97 Å². The number of carboxylic acids is 1. The van der Waals surface area contributed by atoms with Crippen LogP contribution in [0.1, 0.15) is 20.3 Å². The molecule has 17 heavy (non-hydrogen) atoms. The number of ether oxygens (including phenoxy) is 2. The van der Waals surface area contributed by atoms with Gasteiger partial charge in [0.2, 0.25) is 0 Å². The van der Waals surface area contributed by atoms with Crippen LogP contribution in [0.15, 0.2) is 0 Å². The van der Waals surface area contributed by atoms with Crippen LogP contribution < -0.4 is 0 Å². The summed E-state index contributed by atoms with van der Waals surface area (Å²) in [6, 6.07) is 0. The Bertz CT molecular complexity index is 251. The van der Waals surface area contributed by atoms with E-state index in [-0.39, 0.29) is 12.3 Å². The lowest BCUT2D eigenvalue weighted by molar-refractivity contribution is -0.146. The third-order valence-electron chi connectivity index (χ3n) is 3.57. The molecule has 1 heterocycles. The smallest absolute Gasteiger partial charge is 0.305 e. The Morgan fingerprint density at radius 1 is 1.47 bits per heavy atom. The second-order valence-corrected chi connectivity index (χ2v) is 4.86. The van der Waals surface area contributed by atoms with Gasteiger partial charge in [-0.15, -0.1) is 0 Å². The molecule has 5 heteroatoms. The van der Waals surface area contributed by atoms with Crippen LogP contribution in [0.3, 0.4) is 0 Å². The van der Waals surface area contributed by atoms with Crippen LogP contribution in [0.2, 0.25) is 0 Å². The highest BCUT2D eigenvalue weighted by Crippen LogP contribution is 2.30. The molecule has 0 spiro atoms. The highest BCUT2D eigenvalue weighted by molar-refractivity contribution is 5.68. The van der Waals surface area contributed by atoms with Crippen LogP contribution in [0.25, 0.3) is 0 Å². The van der Waals surface area contributed by atoms with E-state index in [4.69, 9.17) is 14.6 Å². The highest BCUT2D eigenvalue weighted by atomic mass is 16.5. The standard InChI is InChI=1S/C12H23NO4/c1-10(2)12(9-16-3,8-11(14)15)13-4-6-17-7-5-13/h10H,4-9H2,1-3H3,(H,14,15). The minimum absolute atomic E-state index is 0.110. The fourth-order valence-corrected chi connectivity index (χ4v) is 2.51. The summed E-state index contributed by atoms with van der Waals surface area (Å²) in [5, 5.41) is 9.14. The molecule has 100 valence electrons. The molecule has 0 radical (unpaired) electrons. The summed E-state index contributed by atoms with van der Waals surface area (Å²) in [5.41, 5.74) is -0.426. The topological polar surface area (TPSA) is 59.0 Å². The van der Waals surface area contributed by atoms with E-state index in [9.17, 15) is 4.79 Å². The van der Waals surface area contributed by atoms with Crippen LogP contribution >= 0.6 is 0 Å². The molecule has 0 aromatic carbocycles. The van der Waals surface area contributed by atoms with Crippen molar-refractivity contribution in [2.24, 2.45) is 5.92 Å². The van der Waals surface area contributed by atoms with Crippen LogP contribution in [-0.2, 0) is 14.3 Å². The molecule has 0 amide bonds. The lowest BCUT2D eigenvalue weighted by atomic mass is 9.81.